The highest BCUT2D eigenvalue weighted by Crippen LogP contribution is 2.33. The molecule has 1 amide bonds. The first-order valence-corrected chi connectivity index (χ1v) is 12.7. The number of hydrazone groups is 1. The van der Waals surface area contributed by atoms with Crippen molar-refractivity contribution in [3.05, 3.63) is 85.3 Å². The Morgan fingerprint density at radius 2 is 1.78 bits per heavy atom. The summed E-state index contributed by atoms with van der Waals surface area (Å²) in [5.74, 6) is 1.59. The Labute approximate surface area is 229 Å². The number of rotatable bonds is 10. The van der Waals surface area contributed by atoms with Crippen molar-refractivity contribution in [1.29, 1.82) is 0 Å². The van der Waals surface area contributed by atoms with Gasteiger partial charge in [-0.1, -0.05) is 59.0 Å². The van der Waals surface area contributed by atoms with E-state index in [0.717, 1.165) is 15.6 Å². The third-order valence-electron chi connectivity index (χ3n) is 5.30. The molecule has 0 aliphatic carbocycles. The number of nitrogens with zero attached hydrogens (tertiary/aromatic N) is 1. The molecule has 0 unspecified atom stereocenters. The first kappa shape index (κ1) is 27.8. The molecular formula is C27H27BrCl2N2O4. The number of hydrogen-bond donors (Lipinski definition) is 1. The Bertz CT molecular complexity index is 1240. The number of carbonyl (C=O) groups excluding carboxylic acids is 1. The van der Waals surface area contributed by atoms with Crippen LogP contribution in [0.4, 0.5) is 0 Å². The van der Waals surface area contributed by atoms with Crippen molar-refractivity contribution < 1.29 is 19.0 Å². The van der Waals surface area contributed by atoms with Crippen LogP contribution in [-0.2, 0) is 11.4 Å². The lowest BCUT2D eigenvalue weighted by Gasteiger charge is -2.15. The lowest BCUT2D eigenvalue weighted by atomic mass is 10.0. The van der Waals surface area contributed by atoms with Crippen LogP contribution in [0.5, 0.6) is 17.2 Å². The minimum atomic E-state index is -0.370. The predicted octanol–water partition coefficient (Wildman–Crippen LogP) is 7.30. The number of hydrogen-bond acceptors (Lipinski definition) is 5. The van der Waals surface area contributed by atoms with Crippen molar-refractivity contribution in [2.24, 2.45) is 5.10 Å². The van der Waals surface area contributed by atoms with Crippen molar-refractivity contribution in [1.82, 2.24) is 5.43 Å². The quantitative estimate of drug-likeness (QED) is 0.198. The molecular weight excluding hydrogens is 567 g/mol. The summed E-state index contributed by atoms with van der Waals surface area (Å²) in [6.07, 6.45) is 1.51. The van der Waals surface area contributed by atoms with Gasteiger partial charge in [-0.15, -0.1) is 0 Å². The van der Waals surface area contributed by atoms with E-state index in [1.807, 2.05) is 19.1 Å². The zero-order valence-corrected chi connectivity index (χ0v) is 23.5. The molecule has 0 spiro atoms. The molecule has 190 valence electrons. The van der Waals surface area contributed by atoms with Crippen LogP contribution < -0.4 is 19.6 Å². The third kappa shape index (κ3) is 7.38. The number of nitrogens with one attached hydrogen (secondary N) is 1. The minimum absolute atomic E-state index is 0.154. The Hall–Kier alpha value is -2.74. The number of amides is 1. The van der Waals surface area contributed by atoms with E-state index in [0.29, 0.717) is 38.4 Å². The average Bonchev–Trinajstić information content (AvgIpc) is 2.84. The Kier molecular flexibility index (Phi) is 10.0. The van der Waals surface area contributed by atoms with Crippen LogP contribution in [0.2, 0.25) is 10.0 Å². The van der Waals surface area contributed by atoms with Crippen molar-refractivity contribution in [2.45, 2.75) is 33.3 Å². The van der Waals surface area contributed by atoms with Gasteiger partial charge in [-0.2, -0.15) is 5.10 Å². The molecule has 3 aromatic carbocycles. The molecule has 0 saturated carbocycles. The van der Waals surface area contributed by atoms with E-state index in [1.165, 1.54) is 6.21 Å². The highest BCUT2D eigenvalue weighted by atomic mass is 79.9. The third-order valence-corrected chi connectivity index (χ3v) is 6.86. The summed E-state index contributed by atoms with van der Waals surface area (Å²) in [5, 5.41) is 5.08. The van der Waals surface area contributed by atoms with Gasteiger partial charge in [0, 0.05) is 20.1 Å². The molecule has 36 heavy (non-hydrogen) atoms. The summed E-state index contributed by atoms with van der Waals surface area (Å²) in [5.41, 5.74) is 5.94. The summed E-state index contributed by atoms with van der Waals surface area (Å²) in [4.78, 5) is 12.3. The van der Waals surface area contributed by atoms with E-state index in [-0.39, 0.29) is 25.0 Å². The van der Waals surface area contributed by atoms with Crippen LogP contribution in [0.1, 0.15) is 42.0 Å². The van der Waals surface area contributed by atoms with Gasteiger partial charge in [-0.05, 0) is 72.0 Å². The maximum atomic E-state index is 12.3. The largest absolute Gasteiger partial charge is 0.493 e. The van der Waals surface area contributed by atoms with E-state index >= 15 is 0 Å². The molecule has 9 heteroatoms. The highest BCUT2D eigenvalue weighted by molar-refractivity contribution is 9.10. The summed E-state index contributed by atoms with van der Waals surface area (Å²) >= 11 is 16.0. The second-order valence-corrected chi connectivity index (χ2v) is 9.94. The molecule has 0 aromatic heterocycles. The van der Waals surface area contributed by atoms with E-state index < -0.39 is 0 Å². The van der Waals surface area contributed by atoms with Gasteiger partial charge in [0.25, 0.3) is 5.91 Å². The van der Waals surface area contributed by atoms with Gasteiger partial charge in [0.15, 0.2) is 18.1 Å². The number of benzene rings is 3. The monoisotopic (exact) mass is 592 g/mol. The van der Waals surface area contributed by atoms with Crippen LogP contribution in [0.25, 0.3) is 0 Å². The molecule has 3 aromatic rings. The molecule has 1 N–H and O–H groups in total. The molecule has 6 nitrogen and oxygen atoms in total. The molecule has 0 radical (unpaired) electrons. The topological polar surface area (TPSA) is 69.2 Å². The first-order valence-electron chi connectivity index (χ1n) is 11.2. The van der Waals surface area contributed by atoms with Crippen molar-refractivity contribution in [3.63, 3.8) is 0 Å². The van der Waals surface area contributed by atoms with Crippen molar-refractivity contribution in [3.8, 4) is 17.2 Å². The first-order chi connectivity index (χ1) is 17.2. The smallest absolute Gasteiger partial charge is 0.277 e. The molecule has 0 atom stereocenters. The maximum Gasteiger partial charge on any atom is 0.277 e. The molecule has 0 aliphatic heterocycles. The normalized spacial score (nSPS) is 11.1. The molecule has 3 rings (SSSR count). The van der Waals surface area contributed by atoms with E-state index in [4.69, 9.17) is 37.4 Å². The summed E-state index contributed by atoms with van der Waals surface area (Å²) < 4.78 is 18.1. The van der Waals surface area contributed by atoms with Crippen molar-refractivity contribution in [2.75, 3.05) is 13.7 Å². The van der Waals surface area contributed by atoms with Crippen LogP contribution >= 0.6 is 39.1 Å². The summed E-state index contributed by atoms with van der Waals surface area (Å²) in [6, 6.07) is 14.5. The number of methoxy groups -OCH3 is 1. The van der Waals surface area contributed by atoms with Crippen LogP contribution in [0.3, 0.4) is 0 Å². The SMILES string of the molecule is COc1cc(/C=N/NC(=O)COc2cc(C)c(Br)cc2C(C)C)ccc1OCc1c(Cl)cccc1Cl. The van der Waals surface area contributed by atoms with E-state index in [1.54, 1.807) is 43.5 Å². The maximum absolute atomic E-state index is 12.3. The number of carbonyl (C=O) groups is 1. The summed E-state index contributed by atoms with van der Waals surface area (Å²) in [7, 11) is 1.54. The van der Waals surface area contributed by atoms with Gasteiger partial charge in [0.2, 0.25) is 0 Å². The zero-order chi connectivity index (χ0) is 26.2. The lowest BCUT2D eigenvalue weighted by Crippen LogP contribution is -2.25. The van der Waals surface area contributed by atoms with Gasteiger partial charge in [-0.25, -0.2) is 5.43 Å². The van der Waals surface area contributed by atoms with Crippen molar-refractivity contribution >= 4 is 51.3 Å². The van der Waals surface area contributed by atoms with Gasteiger partial charge in [-0.3, -0.25) is 4.79 Å². The fraction of sp³-hybridized carbons (Fsp3) is 0.259. The summed E-state index contributed by atoms with van der Waals surface area (Å²) in [6.45, 7) is 6.16. The average molecular weight is 594 g/mol. The molecule has 0 bridgehead atoms. The molecule has 0 aliphatic rings. The number of aryl methyl sites for hydroxylation is 1. The second-order valence-electron chi connectivity index (χ2n) is 8.27. The number of ether oxygens (including phenoxy) is 3. The van der Waals surface area contributed by atoms with Gasteiger partial charge >= 0.3 is 0 Å². The van der Waals surface area contributed by atoms with Crippen LogP contribution in [0.15, 0.2) is 58.1 Å². The fourth-order valence-corrected chi connectivity index (χ4v) is 4.17. The van der Waals surface area contributed by atoms with Crippen LogP contribution in [0, 0.1) is 6.92 Å². The highest BCUT2D eigenvalue weighted by Gasteiger charge is 2.13. The molecule has 0 heterocycles. The Morgan fingerprint density at radius 3 is 2.44 bits per heavy atom. The number of halogens is 3. The lowest BCUT2D eigenvalue weighted by molar-refractivity contribution is -0.123. The second kappa shape index (κ2) is 13.0. The predicted molar refractivity (Wildman–Crippen MR) is 148 cm³/mol. The molecule has 0 saturated heterocycles. The van der Waals surface area contributed by atoms with Crippen LogP contribution in [-0.4, -0.2) is 25.8 Å². The Morgan fingerprint density at radius 1 is 1.06 bits per heavy atom. The molecule has 0 fully saturated rings. The van der Waals surface area contributed by atoms with Gasteiger partial charge in [0.05, 0.1) is 13.3 Å². The zero-order valence-electron chi connectivity index (χ0n) is 20.4. The van der Waals surface area contributed by atoms with Gasteiger partial charge in [0.1, 0.15) is 12.4 Å². The van der Waals surface area contributed by atoms with Gasteiger partial charge < -0.3 is 14.2 Å². The Balaban J connectivity index is 1.58. The minimum Gasteiger partial charge on any atom is -0.493 e. The fourth-order valence-electron chi connectivity index (χ4n) is 3.30. The van der Waals surface area contributed by atoms with E-state index in [2.05, 4.69) is 40.3 Å². The van der Waals surface area contributed by atoms with E-state index in [9.17, 15) is 4.79 Å². The standard InChI is InChI=1S/C27H27BrCl2N2O4/c1-16(2)19-12-21(28)17(3)10-25(19)36-15-27(33)32-31-13-18-8-9-24(26(11-18)34-4)35-14-20-22(29)6-5-7-23(20)30/h5-13,16H,14-15H2,1-4H3,(H,32,33)/b31-13+.